The van der Waals surface area contributed by atoms with Gasteiger partial charge in [0.25, 0.3) is 0 Å². The van der Waals surface area contributed by atoms with Crippen LogP contribution in [-0.4, -0.2) is 23.4 Å². The number of phenolic OH excluding ortho intramolecular Hbond substituents is 1. The van der Waals surface area contributed by atoms with Gasteiger partial charge in [-0.1, -0.05) is 49.6 Å². The first-order chi connectivity index (χ1) is 12.1. The van der Waals surface area contributed by atoms with Crippen molar-refractivity contribution in [1.82, 2.24) is 0 Å². The summed E-state index contributed by atoms with van der Waals surface area (Å²) in [7, 11) is 0. The van der Waals surface area contributed by atoms with E-state index in [0.717, 1.165) is 37.1 Å². The summed E-state index contributed by atoms with van der Waals surface area (Å²) in [6.45, 7) is 2.86. The largest absolute Gasteiger partial charge is 0.508 e. The number of benzene rings is 2. The Hall–Kier alpha value is -1.78. The molecule has 3 nitrogen and oxygen atoms in total. The Morgan fingerprint density at radius 2 is 1.92 bits per heavy atom. The molecule has 2 aromatic rings. The maximum atomic E-state index is 14.1. The van der Waals surface area contributed by atoms with E-state index in [1.807, 2.05) is 24.3 Å². The summed E-state index contributed by atoms with van der Waals surface area (Å²) in [6, 6.07) is 10.1. The number of hydrogen-bond donors (Lipinski definition) is 2. The van der Waals surface area contributed by atoms with Gasteiger partial charge in [-0.15, -0.1) is 0 Å². The summed E-state index contributed by atoms with van der Waals surface area (Å²) in [6.07, 6.45) is 3.19. The minimum absolute atomic E-state index is 0.0388. The first-order valence-electron chi connectivity index (χ1n) is 8.72. The van der Waals surface area contributed by atoms with Crippen molar-refractivity contribution in [3.8, 4) is 5.75 Å². The number of fused-ring (bicyclic) bond motifs is 1. The smallest absolute Gasteiger partial charge is 0.142 e. The van der Waals surface area contributed by atoms with Gasteiger partial charge in [0.2, 0.25) is 0 Å². The summed E-state index contributed by atoms with van der Waals surface area (Å²) in [5.74, 6) is -0.817. The fraction of sp³-hybridized carbons (Fsp3) is 0.400. The third kappa shape index (κ3) is 3.33. The van der Waals surface area contributed by atoms with E-state index in [1.165, 1.54) is 12.1 Å². The van der Waals surface area contributed by atoms with Crippen molar-refractivity contribution < 1.29 is 14.6 Å². The maximum absolute atomic E-state index is 14.1. The minimum atomic E-state index is -0.560. The van der Waals surface area contributed by atoms with Crippen LogP contribution in [0.5, 0.6) is 5.75 Å². The summed E-state index contributed by atoms with van der Waals surface area (Å²) < 4.78 is 14.1. The number of aromatic hydroxyl groups is 1. The molecule has 0 amide bonds. The number of nitrogens with zero attached hydrogens (tertiary/aromatic N) is 1. The lowest BCUT2D eigenvalue weighted by atomic mass is 9.90. The highest BCUT2D eigenvalue weighted by atomic mass is 35.5. The van der Waals surface area contributed by atoms with Crippen LogP contribution in [0, 0.1) is 5.82 Å². The van der Waals surface area contributed by atoms with E-state index in [0.29, 0.717) is 5.56 Å². The van der Waals surface area contributed by atoms with Crippen molar-refractivity contribution >= 4 is 17.3 Å². The number of rotatable bonds is 6. The van der Waals surface area contributed by atoms with Gasteiger partial charge in [0.1, 0.15) is 11.6 Å². The molecule has 0 spiro atoms. The average Bonchev–Trinajstić information content (AvgIpc) is 2.92. The molecule has 0 fully saturated rings. The van der Waals surface area contributed by atoms with E-state index >= 15 is 0 Å². The molecule has 2 N–H and O–H groups in total. The van der Waals surface area contributed by atoms with Crippen molar-refractivity contribution in [1.29, 1.82) is 0 Å². The maximum Gasteiger partial charge on any atom is 0.142 e. The standard InChI is InChI=1S/C20H23ClFNO2/c1-2-3-6-9-23-18-8-5-4-7-13(18)15(12-24)20(23)14-10-17(22)16(21)11-19(14)25/h4-5,7-8,10-11,15,20,24-25H,2-3,6,9,12H2,1H3. The van der Waals surface area contributed by atoms with E-state index in [4.69, 9.17) is 11.6 Å². The summed E-state index contributed by atoms with van der Waals surface area (Å²) in [5.41, 5.74) is 2.53. The van der Waals surface area contributed by atoms with Crippen LogP contribution in [0.2, 0.25) is 5.02 Å². The molecule has 1 heterocycles. The van der Waals surface area contributed by atoms with Crippen molar-refractivity contribution in [2.24, 2.45) is 0 Å². The van der Waals surface area contributed by atoms with Gasteiger partial charge in [-0.25, -0.2) is 4.39 Å². The number of hydrogen-bond acceptors (Lipinski definition) is 3. The SMILES string of the molecule is CCCCCN1c2ccccc2C(CO)C1c1cc(F)c(Cl)cc1O. The minimum Gasteiger partial charge on any atom is -0.508 e. The molecule has 3 rings (SSSR count). The van der Waals surface area contributed by atoms with Crippen LogP contribution in [0.4, 0.5) is 10.1 Å². The lowest BCUT2D eigenvalue weighted by molar-refractivity contribution is 0.250. The first kappa shape index (κ1) is 18.0. The Morgan fingerprint density at radius 1 is 1.16 bits per heavy atom. The molecule has 1 aliphatic heterocycles. The fourth-order valence-corrected chi connectivity index (χ4v) is 3.92. The van der Waals surface area contributed by atoms with Crippen LogP contribution < -0.4 is 4.90 Å². The number of halogens is 2. The third-order valence-electron chi connectivity index (χ3n) is 4.95. The molecular formula is C20H23ClFNO2. The van der Waals surface area contributed by atoms with Crippen molar-refractivity contribution in [3.63, 3.8) is 0 Å². The van der Waals surface area contributed by atoms with E-state index < -0.39 is 5.82 Å². The van der Waals surface area contributed by atoms with Crippen LogP contribution in [0.25, 0.3) is 0 Å². The van der Waals surface area contributed by atoms with Gasteiger partial charge in [0.05, 0.1) is 17.7 Å². The number of unbranched alkanes of at least 4 members (excludes halogenated alkanes) is 2. The summed E-state index contributed by atoms with van der Waals surface area (Å²) in [4.78, 5) is 2.17. The highest BCUT2D eigenvalue weighted by molar-refractivity contribution is 6.30. The number of phenols is 1. The Bertz CT molecular complexity index is 752. The highest BCUT2D eigenvalue weighted by Gasteiger charge is 2.40. The molecule has 0 saturated carbocycles. The number of para-hydroxylation sites is 1. The van der Waals surface area contributed by atoms with Crippen LogP contribution >= 0.6 is 11.6 Å². The quantitative estimate of drug-likeness (QED) is 0.709. The monoisotopic (exact) mass is 363 g/mol. The molecule has 0 aliphatic carbocycles. The normalized spacial score (nSPS) is 19.3. The lowest BCUT2D eigenvalue weighted by Gasteiger charge is -2.31. The van der Waals surface area contributed by atoms with Gasteiger partial charge in [-0.3, -0.25) is 0 Å². The van der Waals surface area contributed by atoms with E-state index in [1.54, 1.807) is 0 Å². The molecule has 0 bridgehead atoms. The highest BCUT2D eigenvalue weighted by Crippen LogP contribution is 2.51. The Labute approximate surface area is 152 Å². The summed E-state index contributed by atoms with van der Waals surface area (Å²) >= 11 is 5.79. The predicted octanol–water partition coefficient (Wildman–Crippen LogP) is 5.01. The molecule has 1 aliphatic rings. The van der Waals surface area contributed by atoms with Crippen molar-refractivity contribution in [2.45, 2.75) is 38.1 Å². The zero-order valence-corrected chi connectivity index (χ0v) is 15.0. The lowest BCUT2D eigenvalue weighted by Crippen LogP contribution is -2.29. The van der Waals surface area contributed by atoms with Gasteiger partial charge in [-0.05, 0) is 24.1 Å². The second-order valence-electron chi connectivity index (χ2n) is 6.52. The van der Waals surface area contributed by atoms with E-state index in [2.05, 4.69) is 11.8 Å². The van der Waals surface area contributed by atoms with E-state index in [9.17, 15) is 14.6 Å². The average molecular weight is 364 g/mol. The first-order valence-corrected chi connectivity index (χ1v) is 9.10. The van der Waals surface area contributed by atoms with E-state index in [-0.39, 0.29) is 29.3 Å². The Kier molecular flexibility index (Phi) is 5.50. The molecule has 2 unspecified atom stereocenters. The van der Waals surface area contributed by atoms with Gasteiger partial charge >= 0.3 is 0 Å². The molecule has 0 aromatic heterocycles. The molecule has 134 valence electrons. The second kappa shape index (κ2) is 7.63. The van der Waals surface area contributed by atoms with Crippen LogP contribution in [0.3, 0.4) is 0 Å². The van der Waals surface area contributed by atoms with Crippen molar-refractivity contribution in [3.05, 3.63) is 58.4 Å². The van der Waals surface area contributed by atoms with Gasteiger partial charge in [0.15, 0.2) is 0 Å². The van der Waals surface area contributed by atoms with Crippen molar-refractivity contribution in [2.75, 3.05) is 18.1 Å². The van der Waals surface area contributed by atoms with Gasteiger partial charge in [-0.2, -0.15) is 0 Å². The third-order valence-corrected chi connectivity index (χ3v) is 5.24. The number of anilines is 1. The Morgan fingerprint density at radius 3 is 2.64 bits per heavy atom. The van der Waals surface area contributed by atoms with Crippen LogP contribution in [-0.2, 0) is 0 Å². The molecule has 2 atom stereocenters. The Balaban J connectivity index is 2.07. The number of aliphatic hydroxyl groups is 1. The van der Waals surface area contributed by atoms with Gasteiger partial charge < -0.3 is 15.1 Å². The summed E-state index contributed by atoms with van der Waals surface area (Å²) in [5, 5.41) is 20.3. The van der Waals surface area contributed by atoms with Gasteiger partial charge in [0, 0.05) is 29.8 Å². The molecule has 5 heteroatoms. The molecule has 0 saturated heterocycles. The zero-order valence-electron chi connectivity index (χ0n) is 14.3. The molecular weight excluding hydrogens is 341 g/mol. The molecule has 0 radical (unpaired) electrons. The number of aliphatic hydroxyl groups excluding tert-OH is 1. The fourth-order valence-electron chi connectivity index (χ4n) is 3.76. The molecule has 2 aromatic carbocycles. The second-order valence-corrected chi connectivity index (χ2v) is 6.93. The van der Waals surface area contributed by atoms with Crippen LogP contribution in [0.15, 0.2) is 36.4 Å². The molecule has 25 heavy (non-hydrogen) atoms. The zero-order chi connectivity index (χ0) is 18.0. The topological polar surface area (TPSA) is 43.7 Å². The predicted molar refractivity (Wildman–Crippen MR) is 99.0 cm³/mol. The van der Waals surface area contributed by atoms with Crippen LogP contribution in [0.1, 0.15) is 49.3 Å².